The van der Waals surface area contributed by atoms with Crippen LogP contribution in [0, 0.1) is 0 Å². The number of benzene rings is 2. The number of nitrogens with one attached hydrogen (secondary N) is 1. The van der Waals surface area contributed by atoms with Crippen molar-refractivity contribution < 1.29 is 32.6 Å². The van der Waals surface area contributed by atoms with E-state index in [0.29, 0.717) is 11.1 Å². The molecule has 1 unspecified atom stereocenters. The molecule has 0 amide bonds. The van der Waals surface area contributed by atoms with Crippen molar-refractivity contribution in [3.8, 4) is 0 Å². The van der Waals surface area contributed by atoms with Crippen molar-refractivity contribution >= 4 is 34.9 Å². The molecule has 1 heterocycles. The number of carboxylic acids is 1. The largest absolute Gasteiger partial charge is 0.478 e. The maximum absolute atomic E-state index is 14.0. The van der Waals surface area contributed by atoms with Crippen molar-refractivity contribution in [1.29, 1.82) is 0 Å². The summed E-state index contributed by atoms with van der Waals surface area (Å²) < 4.78 is 47.1. The first-order chi connectivity index (χ1) is 13.6. The molecular formula is C19H14Cl2F3NO4. The second-order valence-electron chi connectivity index (χ2n) is 6.26. The highest BCUT2D eigenvalue weighted by molar-refractivity contribution is 6.34. The van der Waals surface area contributed by atoms with Gasteiger partial charge in [0.2, 0.25) is 5.60 Å². The Balaban J connectivity index is 2.12. The second-order valence-corrected chi connectivity index (χ2v) is 7.14. The summed E-state index contributed by atoms with van der Waals surface area (Å²) in [6.07, 6.45) is -3.98. The first-order valence-corrected chi connectivity index (χ1v) is 8.88. The summed E-state index contributed by atoms with van der Waals surface area (Å²) in [5.74, 6) is -1.17. The molecular weight excluding hydrogens is 434 g/mol. The van der Waals surface area contributed by atoms with Gasteiger partial charge in [-0.2, -0.15) is 13.2 Å². The lowest BCUT2D eigenvalue weighted by atomic mass is 9.91. The zero-order chi connectivity index (χ0) is 21.4. The van der Waals surface area contributed by atoms with Gasteiger partial charge in [-0.1, -0.05) is 29.3 Å². The third-order valence-corrected chi connectivity index (χ3v) is 4.77. The first kappa shape index (κ1) is 21.4. The van der Waals surface area contributed by atoms with Crippen molar-refractivity contribution in [2.45, 2.75) is 18.4 Å². The monoisotopic (exact) mass is 447 g/mol. The Morgan fingerprint density at radius 1 is 1.21 bits per heavy atom. The number of methoxy groups -OCH3 is 1. The van der Waals surface area contributed by atoms with Gasteiger partial charge in [0, 0.05) is 28.3 Å². The van der Waals surface area contributed by atoms with Gasteiger partial charge in [0.1, 0.15) is 0 Å². The predicted octanol–water partition coefficient (Wildman–Crippen LogP) is 5.17. The molecule has 2 N–H and O–H groups in total. The molecule has 2 aromatic carbocycles. The molecule has 0 aliphatic carbocycles. The van der Waals surface area contributed by atoms with E-state index in [0.717, 1.165) is 18.2 Å². The van der Waals surface area contributed by atoms with E-state index < -0.39 is 17.7 Å². The van der Waals surface area contributed by atoms with Crippen molar-refractivity contribution in [3.05, 3.63) is 74.8 Å². The molecule has 5 nitrogen and oxygen atoms in total. The van der Waals surface area contributed by atoms with E-state index in [9.17, 15) is 23.1 Å². The van der Waals surface area contributed by atoms with Gasteiger partial charge in [-0.15, -0.1) is 0 Å². The lowest BCUT2D eigenvalue weighted by Gasteiger charge is -2.28. The number of carboxylic acid groups (broad SMARTS) is 1. The van der Waals surface area contributed by atoms with Crippen molar-refractivity contribution in [3.63, 3.8) is 0 Å². The summed E-state index contributed by atoms with van der Waals surface area (Å²) in [6, 6.07) is 7.64. The Kier molecular flexibility index (Phi) is 5.82. The van der Waals surface area contributed by atoms with E-state index in [1.807, 2.05) is 0 Å². The van der Waals surface area contributed by atoms with Gasteiger partial charge in [-0.05, 0) is 42.0 Å². The summed E-state index contributed by atoms with van der Waals surface area (Å²) in [5, 5.41) is 9.30. The number of alkyl halides is 3. The molecule has 3 rings (SSSR count). The van der Waals surface area contributed by atoms with Gasteiger partial charge in [0.15, 0.2) is 0 Å². The molecule has 0 aromatic heterocycles. The SMILES string of the molecule is COCc1cc(C2=CC(c3cc(Cl)cc(Cl)c3)(C(F)(F)F)ON2)ccc1C(=O)O. The normalized spacial score (nSPS) is 19.0. The van der Waals surface area contributed by atoms with Gasteiger partial charge in [-0.3, -0.25) is 10.3 Å². The molecule has 0 radical (unpaired) electrons. The number of ether oxygens (including phenoxy) is 1. The van der Waals surface area contributed by atoms with E-state index in [1.165, 1.54) is 31.4 Å². The van der Waals surface area contributed by atoms with E-state index in [1.54, 1.807) is 0 Å². The van der Waals surface area contributed by atoms with E-state index >= 15 is 0 Å². The quantitative estimate of drug-likeness (QED) is 0.661. The average molecular weight is 448 g/mol. The van der Waals surface area contributed by atoms with Crippen LogP contribution in [-0.2, 0) is 21.8 Å². The van der Waals surface area contributed by atoms with E-state index in [2.05, 4.69) is 5.48 Å². The zero-order valence-electron chi connectivity index (χ0n) is 14.8. The van der Waals surface area contributed by atoms with Gasteiger partial charge in [0.05, 0.1) is 17.9 Å². The van der Waals surface area contributed by atoms with Crippen LogP contribution < -0.4 is 5.48 Å². The molecule has 0 saturated heterocycles. The molecule has 1 aliphatic heterocycles. The number of halogens is 5. The Morgan fingerprint density at radius 2 is 1.86 bits per heavy atom. The van der Waals surface area contributed by atoms with Crippen LogP contribution in [0.5, 0.6) is 0 Å². The van der Waals surface area contributed by atoms with Crippen LogP contribution in [0.3, 0.4) is 0 Å². The lowest BCUT2D eigenvalue weighted by Crippen LogP contribution is -2.42. The highest BCUT2D eigenvalue weighted by Gasteiger charge is 2.59. The molecule has 154 valence electrons. The Morgan fingerprint density at radius 3 is 2.41 bits per heavy atom. The third-order valence-electron chi connectivity index (χ3n) is 4.33. The summed E-state index contributed by atoms with van der Waals surface area (Å²) >= 11 is 11.8. The standard InChI is InChI=1S/C19H14Cl2F3NO4/c1-28-9-11-4-10(2-3-15(11)17(26)27)16-8-18(29-25-16,19(22,23)24)12-5-13(20)7-14(21)6-12/h2-8,25H,9H2,1H3,(H,26,27). The zero-order valence-corrected chi connectivity index (χ0v) is 16.3. The van der Waals surface area contributed by atoms with Gasteiger partial charge in [0.25, 0.3) is 0 Å². The first-order valence-electron chi connectivity index (χ1n) is 8.13. The second kappa shape index (κ2) is 7.87. The van der Waals surface area contributed by atoms with Gasteiger partial charge < -0.3 is 9.84 Å². The Labute approximate surface area is 173 Å². The number of hydrogen-bond acceptors (Lipinski definition) is 4. The van der Waals surface area contributed by atoms with Crippen LogP contribution in [0.4, 0.5) is 13.2 Å². The van der Waals surface area contributed by atoms with Crippen molar-refractivity contribution in [2.24, 2.45) is 0 Å². The molecule has 0 spiro atoms. The van der Waals surface area contributed by atoms with E-state index in [-0.39, 0.29) is 33.5 Å². The Bertz CT molecular complexity index is 974. The fourth-order valence-electron chi connectivity index (χ4n) is 3.00. The summed E-state index contributed by atoms with van der Waals surface area (Å²) in [6.45, 7) is -0.0298. The minimum atomic E-state index is -4.84. The molecule has 0 fully saturated rings. The minimum absolute atomic E-state index is 0.00714. The molecule has 1 atom stereocenters. The van der Waals surface area contributed by atoms with Crippen LogP contribution in [-0.4, -0.2) is 24.4 Å². The highest BCUT2D eigenvalue weighted by Crippen LogP contribution is 2.48. The molecule has 2 aromatic rings. The van der Waals surface area contributed by atoms with Crippen LogP contribution in [0.25, 0.3) is 5.70 Å². The summed E-state index contributed by atoms with van der Waals surface area (Å²) in [5.41, 5.74) is -0.252. The van der Waals surface area contributed by atoms with Crippen molar-refractivity contribution in [2.75, 3.05) is 7.11 Å². The fraction of sp³-hybridized carbons (Fsp3) is 0.211. The topological polar surface area (TPSA) is 67.8 Å². The highest BCUT2D eigenvalue weighted by atomic mass is 35.5. The number of rotatable bonds is 5. The summed E-state index contributed by atoms with van der Waals surface area (Å²) in [4.78, 5) is 16.3. The lowest BCUT2D eigenvalue weighted by molar-refractivity contribution is -0.269. The number of hydroxylamine groups is 1. The van der Waals surface area contributed by atoms with Crippen LogP contribution in [0.15, 0.2) is 42.5 Å². The third kappa shape index (κ3) is 4.06. The number of aromatic carboxylic acids is 1. The van der Waals surface area contributed by atoms with Crippen molar-refractivity contribution in [1.82, 2.24) is 5.48 Å². The predicted molar refractivity (Wildman–Crippen MR) is 101 cm³/mol. The molecule has 0 bridgehead atoms. The smallest absolute Gasteiger partial charge is 0.428 e. The number of hydrogen-bond donors (Lipinski definition) is 2. The van der Waals surface area contributed by atoms with Crippen LogP contribution >= 0.6 is 23.2 Å². The maximum atomic E-state index is 14.0. The maximum Gasteiger partial charge on any atom is 0.428 e. The molecule has 29 heavy (non-hydrogen) atoms. The van der Waals surface area contributed by atoms with Crippen LogP contribution in [0.2, 0.25) is 10.0 Å². The van der Waals surface area contributed by atoms with E-state index in [4.69, 9.17) is 32.8 Å². The van der Waals surface area contributed by atoms with Crippen LogP contribution in [0.1, 0.15) is 27.0 Å². The van der Waals surface area contributed by atoms with Gasteiger partial charge >= 0.3 is 12.1 Å². The molecule has 10 heteroatoms. The minimum Gasteiger partial charge on any atom is -0.478 e. The Hall–Kier alpha value is -2.26. The molecule has 0 saturated carbocycles. The number of carbonyl (C=O) groups is 1. The average Bonchev–Trinajstić information content (AvgIpc) is 3.07. The van der Waals surface area contributed by atoms with Gasteiger partial charge in [-0.25, -0.2) is 4.79 Å². The molecule has 1 aliphatic rings. The summed E-state index contributed by atoms with van der Waals surface area (Å²) in [7, 11) is 1.38. The fourth-order valence-corrected chi connectivity index (χ4v) is 3.52.